The van der Waals surface area contributed by atoms with Gasteiger partial charge in [0.25, 0.3) is 0 Å². The summed E-state index contributed by atoms with van der Waals surface area (Å²) in [6.45, 7) is 4.00. The first kappa shape index (κ1) is 11.6. The van der Waals surface area contributed by atoms with Crippen molar-refractivity contribution in [1.29, 1.82) is 0 Å². The number of amides is 1. The molecule has 1 amide bonds. The Morgan fingerprint density at radius 3 is 3.06 bits per heavy atom. The summed E-state index contributed by atoms with van der Waals surface area (Å²) in [4.78, 5) is 12.5. The highest BCUT2D eigenvalue weighted by Crippen LogP contribution is 2.26. The van der Waals surface area contributed by atoms with Crippen LogP contribution in [0.4, 0.5) is 0 Å². The molecule has 0 saturated carbocycles. The van der Waals surface area contributed by atoms with Gasteiger partial charge in [-0.2, -0.15) is 0 Å². The first-order valence-corrected chi connectivity index (χ1v) is 6.07. The maximum Gasteiger partial charge on any atom is 0.209 e. The molecule has 0 aromatic heterocycles. The molecule has 0 spiro atoms. The third kappa shape index (κ3) is 2.44. The summed E-state index contributed by atoms with van der Waals surface area (Å²) < 4.78 is 6.77. The molecular weight excluding hydrogens is 270 g/mol. The molecule has 2 rings (SSSR count). The summed E-state index contributed by atoms with van der Waals surface area (Å²) in [5, 5.41) is 0. The average Bonchev–Trinajstić information content (AvgIpc) is 2.29. The van der Waals surface area contributed by atoms with E-state index in [2.05, 4.69) is 35.0 Å². The van der Waals surface area contributed by atoms with Crippen molar-refractivity contribution in [3.05, 3.63) is 33.8 Å². The van der Waals surface area contributed by atoms with Crippen molar-refractivity contribution in [3.63, 3.8) is 0 Å². The normalized spacial score (nSPS) is 20.9. The van der Waals surface area contributed by atoms with E-state index in [4.69, 9.17) is 4.74 Å². The van der Waals surface area contributed by atoms with E-state index in [1.807, 2.05) is 6.07 Å². The minimum Gasteiger partial charge on any atom is -0.370 e. The minimum atomic E-state index is 0.00653. The van der Waals surface area contributed by atoms with Crippen LogP contribution in [0.5, 0.6) is 0 Å². The van der Waals surface area contributed by atoms with E-state index in [0.29, 0.717) is 19.7 Å². The molecule has 0 bridgehead atoms. The monoisotopic (exact) mass is 283 g/mol. The van der Waals surface area contributed by atoms with Crippen molar-refractivity contribution in [3.8, 4) is 0 Å². The van der Waals surface area contributed by atoms with Crippen molar-refractivity contribution in [1.82, 2.24) is 4.90 Å². The SMILES string of the molecule is Cc1cc(Br)ccc1C1CN(C=O)CCO1. The lowest BCUT2D eigenvalue weighted by Gasteiger charge is -2.31. The molecule has 16 heavy (non-hydrogen) atoms. The first-order valence-electron chi connectivity index (χ1n) is 5.27. The number of carbonyl (C=O) groups is 1. The fraction of sp³-hybridized carbons (Fsp3) is 0.417. The van der Waals surface area contributed by atoms with Gasteiger partial charge < -0.3 is 9.64 Å². The number of aryl methyl sites for hydroxylation is 1. The number of nitrogens with zero attached hydrogens (tertiary/aromatic N) is 1. The Kier molecular flexibility index (Phi) is 3.61. The summed E-state index contributed by atoms with van der Waals surface area (Å²) in [5.41, 5.74) is 2.35. The van der Waals surface area contributed by atoms with Crippen LogP contribution in [0, 0.1) is 6.92 Å². The summed E-state index contributed by atoms with van der Waals surface area (Å²) in [7, 11) is 0. The van der Waals surface area contributed by atoms with E-state index < -0.39 is 0 Å². The second kappa shape index (κ2) is 4.97. The van der Waals surface area contributed by atoms with Gasteiger partial charge in [0.05, 0.1) is 13.2 Å². The zero-order chi connectivity index (χ0) is 11.5. The number of hydrogen-bond donors (Lipinski definition) is 0. The Morgan fingerprint density at radius 2 is 2.38 bits per heavy atom. The van der Waals surface area contributed by atoms with E-state index >= 15 is 0 Å². The Balaban J connectivity index is 2.19. The molecule has 0 radical (unpaired) electrons. The van der Waals surface area contributed by atoms with Crippen molar-refractivity contribution in [2.75, 3.05) is 19.7 Å². The molecule has 1 aromatic rings. The molecule has 1 unspecified atom stereocenters. The third-order valence-corrected chi connectivity index (χ3v) is 3.32. The molecule has 1 saturated heterocycles. The number of morpholine rings is 1. The van der Waals surface area contributed by atoms with Crippen LogP contribution < -0.4 is 0 Å². The van der Waals surface area contributed by atoms with Crippen LogP contribution in [0.1, 0.15) is 17.2 Å². The molecule has 0 N–H and O–H groups in total. The topological polar surface area (TPSA) is 29.5 Å². The zero-order valence-electron chi connectivity index (χ0n) is 9.15. The maximum atomic E-state index is 10.7. The van der Waals surface area contributed by atoms with Gasteiger partial charge in [-0.3, -0.25) is 4.79 Å². The van der Waals surface area contributed by atoms with Crippen molar-refractivity contribution in [2.45, 2.75) is 13.0 Å². The van der Waals surface area contributed by atoms with E-state index in [1.54, 1.807) is 4.90 Å². The Labute approximate surface area is 104 Å². The number of ether oxygens (including phenoxy) is 1. The molecule has 4 heteroatoms. The van der Waals surface area contributed by atoms with E-state index in [0.717, 1.165) is 16.4 Å². The molecule has 1 heterocycles. The quantitative estimate of drug-likeness (QED) is 0.780. The first-order chi connectivity index (χ1) is 7.70. The van der Waals surface area contributed by atoms with Crippen LogP contribution in [0.3, 0.4) is 0 Å². The van der Waals surface area contributed by atoms with Crippen LogP contribution in [0.15, 0.2) is 22.7 Å². The van der Waals surface area contributed by atoms with Gasteiger partial charge >= 0.3 is 0 Å². The third-order valence-electron chi connectivity index (χ3n) is 2.83. The number of benzene rings is 1. The van der Waals surface area contributed by atoms with Crippen molar-refractivity contribution < 1.29 is 9.53 Å². The smallest absolute Gasteiger partial charge is 0.209 e. The van der Waals surface area contributed by atoms with Gasteiger partial charge in [0.2, 0.25) is 6.41 Å². The van der Waals surface area contributed by atoms with E-state index in [1.165, 1.54) is 5.56 Å². The molecule has 1 aromatic carbocycles. The number of hydrogen-bond acceptors (Lipinski definition) is 2. The number of rotatable bonds is 2. The van der Waals surface area contributed by atoms with Crippen LogP contribution in [0.2, 0.25) is 0 Å². The van der Waals surface area contributed by atoms with Crippen LogP contribution in [0.25, 0.3) is 0 Å². The van der Waals surface area contributed by atoms with Gasteiger partial charge in [-0.05, 0) is 30.2 Å². The summed E-state index contributed by atoms with van der Waals surface area (Å²) in [5.74, 6) is 0. The van der Waals surface area contributed by atoms with Gasteiger partial charge in [0, 0.05) is 11.0 Å². The average molecular weight is 284 g/mol. The Bertz CT molecular complexity index is 395. The number of halogens is 1. The second-order valence-electron chi connectivity index (χ2n) is 3.96. The van der Waals surface area contributed by atoms with Gasteiger partial charge in [0.1, 0.15) is 6.10 Å². The van der Waals surface area contributed by atoms with Crippen LogP contribution in [-0.2, 0) is 9.53 Å². The van der Waals surface area contributed by atoms with Crippen molar-refractivity contribution in [2.24, 2.45) is 0 Å². The lowest BCUT2D eigenvalue weighted by atomic mass is 10.0. The Morgan fingerprint density at radius 1 is 1.56 bits per heavy atom. The largest absolute Gasteiger partial charge is 0.370 e. The van der Waals surface area contributed by atoms with Gasteiger partial charge in [-0.15, -0.1) is 0 Å². The summed E-state index contributed by atoms with van der Waals surface area (Å²) in [6.07, 6.45) is 0.899. The number of carbonyl (C=O) groups excluding carboxylic acids is 1. The standard InChI is InChI=1S/C12H14BrNO2/c1-9-6-10(13)2-3-11(9)12-7-14(8-15)4-5-16-12/h2-3,6,8,12H,4-5,7H2,1H3. The van der Waals surface area contributed by atoms with Crippen LogP contribution >= 0.6 is 15.9 Å². The fourth-order valence-electron chi connectivity index (χ4n) is 1.95. The molecular formula is C12H14BrNO2. The molecule has 86 valence electrons. The minimum absolute atomic E-state index is 0.00653. The maximum absolute atomic E-state index is 10.7. The molecule has 3 nitrogen and oxygen atoms in total. The molecule has 1 aliphatic heterocycles. The molecule has 0 aliphatic carbocycles. The zero-order valence-corrected chi connectivity index (χ0v) is 10.7. The van der Waals surface area contributed by atoms with Gasteiger partial charge in [-0.1, -0.05) is 22.0 Å². The molecule has 1 aliphatic rings. The van der Waals surface area contributed by atoms with Gasteiger partial charge in [0.15, 0.2) is 0 Å². The molecule has 1 fully saturated rings. The van der Waals surface area contributed by atoms with Crippen molar-refractivity contribution >= 4 is 22.3 Å². The molecule has 1 atom stereocenters. The second-order valence-corrected chi connectivity index (χ2v) is 4.88. The predicted octanol–water partition coefficient (Wildman–Crippen LogP) is 2.29. The highest BCUT2D eigenvalue weighted by Gasteiger charge is 2.22. The Hall–Kier alpha value is -0.870. The van der Waals surface area contributed by atoms with Gasteiger partial charge in [-0.25, -0.2) is 0 Å². The van der Waals surface area contributed by atoms with E-state index in [9.17, 15) is 4.79 Å². The summed E-state index contributed by atoms with van der Waals surface area (Å²) in [6, 6.07) is 6.13. The fourth-order valence-corrected chi connectivity index (χ4v) is 2.43. The van der Waals surface area contributed by atoms with E-state index in [-0.39, 0.29) is 6.10 Å². The highest BCUT2D eigenvalue weighted by molar-refractivity contribution is 9.10. The lowest BCUT2D eigenvalue weighted by molar-refractivity contribution is -0.125. The predicted molar refractivity (Wildman–Crippen MR) is 65.2 cm³/mol. The summed E-state index contributed by atoms with van der Waals surface area (Å²) >= 11 is 3.44. The highest BCUT2D eigenvalue weighted by atomic mass is 79.9. The van der Waals surface area contributed by atoms with Crippen LogP contribution in [-0.4, -0.2) is 31.0 Å². The lowest BCUT2D eigenvalue weighted by Crippen LogP contribution is -2.37.